The van der Waals surface area contributed by atoms with Crippen LogP contribution in [0.4, 0.5) is 11.4 Å². The first-order valence-corrected chi connectivity index (χ1v) is 11.0. The Morgan fingerprint density at radius 3 is 2.47 bits per heavy atom. The summed E-state index contributed by atoms with van der Waals surface area (Å²) in [6.07, 6.45) is 1.47. The Kier molecular flexibility index (Phi) is 7.33. The van der Waals surface area contributed by atoms with Crippen molar-refractivity contribution in [2.75, 3.05) is 24.7 Å². The van der Waals surface area contributed by atoms with E-state index in [0.717, 1.165) is 12.3 Å². The summed E-state index contributed by atoms with van der Waals surface area (Å²) in [6, 6.07) is 5.23. The fraction of sp³-hybridized carbons (Fsp3) is 0.368. The van der Waals surface area contributed by atoms with Crippen LogP contribution < -0.4 is 10.6 Å². The molecular formula is C19H23N3O7S. The van der Waals surface area contributed by atoms with Gasteiger partial charge in [-0.2, -0.15) is 0 Å². The van der Waals surface area contributed by atoms with Gasteiger partial charge in [-0.25, -0.2) is 8.42 Å². The van der Waals surface area contributed by atoms with Crippen molar-refractivity contribution in [2.45, 2.75) is 31.6 Å². The predicted octanol–water partition coefficient (Wildman–Crippen LogP) is 2.26. The number of nitro benzene ring substituents is 1. The lowest BCUT2D eigenvalue weighted by Crippen LogP contribution is -2.29. The van der Waals surface area contributed by atoms with Gasteiger partial charge in [-0.1, -0.05) is 0 Å². The summed E-state index contributed by atoms with van der Waals surface area (Å²) in [5.41, 5.74) is 0.293. The van der Waals surface area contributed by atoms with E-state index in [0.29, 0.717) is 23.5 Å². The third-order valence-electron chi connectivity index (χ3n) is 4.30. The molecule has 0 saturated heterocycles. The lowest BCUT2D eigenvalue weighted by Gasteiger charge is -2.09. The highest BCUT2D eigenvalue weighted by molar-refractivity contribution is 7.90. The van der Waals surface area contributed by atoms with Crippen LogP contribution in [0, 0.1) is 17.0 Å². The molecule has 0 bridgehead atoms. The number of benzene rings is 1. The van der Waals surface area contributed by atoms with Gasteiger partial charge in [-0.3, -0.25) is 19.7 Å². The molecule has 0 aliphatic carbocycles. The molecule has 2 N–H and O–H groups in total. The van der Waals surface area contributed by atoms with Crippen LogP contribution in [0.3, 0.4) is 0 Å². The zero-order valence-corrected chi connectivity index (χ0v) is 17.7. The zero-order valence-electron chi connectivity index (χ0n) is 16.9. The maximum Gasteiger partial charge on any atom is 0.293 e. The molecule has 1 aromatic heterocycles. The quantitative estimate of drug-likeness (QED) is 0.249. The first kappa shape index (κ1) is 23.1. The number of hydrogen-bond acceptors (Lipinski definition) is 8. The van der Waals surface area contributed by atoms with E-state index >= 15 is 0 Å². The number of rotatable bonds is 10. The number of carbonyl (C=O) groups is 2. The third-order valence-corrected chi connectivity index (χ3v) is 5.41. The van der Waals surface area contributed by atoms with Gasteiger partial charge in [0.05, 0.1) is 15.4 Å². The summed E-state index contributed by atoms with van der Waals surface area (Å²) in [4.78, 5) is 33.8. The van der Waals surface area contributed by atoms with Crippen molar-refractivity contribution in [3.8, 4) is 0 Å². The topological polar surface area (TPSA) is 149 Å². The second-order valence-corrected chi connectivity index (χ2v) is 8.74. The van der Waals surface area contributed by atoms with Crippen LogP contribution >= 0.6 is 0 Å². The lowest BCUT2D eigenvalue weighted by atomic mass is 10.1. The highest BCUT2D eigenvalue weighted by Gasteiger charge is 2.18. The first-order valence-electron chi connectivity index (χ1n) is 9.08. The van der Waals surface area contributed by atoms with E-state index in [1.54, 1.807) is 13.0 Å². The fourth-order valence-electron chi connectivity index (χ4n) is 2.78. The number of aryl methyl sites for hydroxylation is 2. The number of carbonyl (C=O) groups excluding carboxylic acids is 2. The average molecular weight is 437 g/mol. The number of nitrogens with zero attached hydrogens (tertiary/aromatic N) is 1. The number of sulfone groups is 1. The first-order chi connectivity index (χ1) is 14.0. The summed E-state index contributed by atoms with van der Waals surface area (Å²) < 4.78 is 28.6. The minimum Gasteiger partial charge on any atom is -0.466 e. The van der Waals surface area contributed by atoms with Crippen LogP contribution in [-0.4, -0.2) is 44.4 Å². The van der Waals surface area contributed by atoms with Crippen molar-refractivity contribution >= 4 is 32.9 Å². The number of ketones is 1. The van der Waals surface area contributed by atoms with E-state index in [-0.39, 0.29) is 47.5 Å². The highest BCUT2D eigenvalue weighted by Crippen LogP contribution is 2.27. The Morgan fingerprint density at radius 1 is 1.20 bits per heavy atom. The minimum atomic E-state index is -3.56. The van der Waals surface area contributed by atoms with Crippen molar-refractivity contribution in [3.05, 3.63) is 51.5 Å². The van der Waals surface area contributed by atoms with Crippen LogP contribution in [0.5, 0.6) is 0 Å². The minimum absolute atomic E-state index is 0.100. The smallest absolute Gasteiger partial charge is 0.293 e. The molecule has 0 saturated carbocycles. The normalized spacial score (nSPS) is 11.2. The molecule has 30 heavy (non-hydrogen) atoms. The van der Waals surface area contributed by atoms with Crippen LogP contribution in [-0.2, 0) is 21.1 Å². The van der Waals surface area contributed by atoms with Gasteiger partial charge in [0.2, 0.25) is 5.91 Å². The van der Waals surface area contributed by atoms with E-state index in [1.165, 1.54) is 19.1 Å². The fourth-order valence-corrected chi connectivity index (χ4v) is 3.42. The van der Waals surface area contributed by atoms with Gasteiger partial charge in [-0.15, -0.1) is 0 Å². The van der Waals surface area contributed by atoms with E-state index in [4.69, 9.17) is 4.42 Å². The lowest BCUT2D eigenvalue weighted by molar-refractivity contribution is -0.384. The summed E-state index contributed by atoms with van der Waals surface area (Å²) in [5, 5.41) is 16.7. The standard InChI is InChI=1S/C19H23N3O7S/c1-12(23)16-10-14(29-13(16)2)4-7-19(24)21-9-8-20-17-6-5-15(30(3,27)28)11-18(17)22(25)26/h5-6,10-11,20H,4,7-9H2,1-3H3,(H,21,24). The number of nitrogens with one attached hydrogen (secondary N) is 2. The second kappa shape index (κ2) is 9.53. The van der Waals surface area contributed by atoms with Crippen molar-refractivity contribution < 1.29 is 27.3 Å². The molecule has 2 rings (SSSR count). The van der Waals surface area contributed by atoms with Gasteiger partial charge < -0.3 is 15.1 Å². The summed E-state index contributed by atoms with van der Waals surface area (Å²) in [6.45, 7) is 3.55. The molecule has 0 unspecified atom stereocenters. The van der Waals surface area contributed by atoms with Crippen molar-refractivity contribution in [3.63, 3.8) is 0 Å². The van der Waals surface area contributed by atoms with Crippen LogP contribution in [0.15, 0.2) is 33.6 Å². The Labute approximate surface area is 173 Å². The maximum atomic E-state index is 12.0. The van der Waals surface area contributed by atoms with E-state index in [9.17, 15) is 28.1 Å². The van der Waals surface area contributed by atoms with Gasteiger partial charge in [0.1, 0.15) is 17.2 Å². The van der Waals surface area contributed by atoms with Crippen LogP contribution in [0.1, 0.15) is 35.2 Å². The second-order valence-electron chi connectivity index (χ2n) is 6.72. The molecule has 162 valence electrons. The molecule has 0 radical (unpaired) electrons. The zero-order chi connectivity index (χ0) is 22.5. The number of Topliss-reactive ketones (excluding diaryl/α,β-unsaturated/α-hetero) is 1. The Bertz CT molecular complexity index is 1070. The van der Waals surface area contributed by atoms with Crippen molar-refractivity contribution in [1.29, 1.82) is 0 Å². The highest BCUT2D eigenvalue weighted by atomic mass is 32.2. The molecule has 1 heterocycles. The molecule has 0 spiro atoms. The van der Waals surface area contributed by atoms with Crippen molar-refractivity contribution in [1.82, 2.24) is 5.32 Å². The molecular weight excluding hydrogens is 414 g/mol. The molecule has 10 nitrogen and oxygen atoms in total. The Balaban J connectivity index is 1.84. The molecule has 1 amide bonds. The SMILES string of the molecule is CC(=O)c1cc(CCC(=O)NCCNc2ccc(S(C)(=O)=O)cc2[N+](=O)[O-])oc1C. The van der Waals surface area contributed by atoms with E-state index < -0.39 is 14.8 Å². The molecule has 0 atom stereocenters. The van der Waals surface area contributed by atoms with E-state index in [2.05, 4.69) is 10.6 Å². The average Bonchev–Trinajstić information content (AvgIpc) is 3.03. The molecule has 11 heteroatoms. The monoisotopic (exact) mass is 437 g/mol. The predicted molar refractivity (Wildman–Crippen MR) is 109 cm³/mol. The van der Waals surface area contributed by atoms with Crippen LogP contribution in [0.2, 0.25) is 0 Å². The Hall–Kier alpha value is -3.21. The third kappa shape index (κ3) is 6.14. The summed E-state index contributed by atoms with van der Waals surface area (Å²) >= 11 is 0. The number of furan rings is 1. The molecule has 0 aliphatic rings. The van der Waals surface area contributed by atoms with Gasteiger partial charge in [0.15, 0.2) is 15.6 Å². The van der Waals surface area contributed by atoms with Gasteiger partial charge in [0.25, 0.3) is 5.69 Å². The number of hydrogen-bond donors (Lipinski definition) is 2. The van der Waals surface area contributed by atoms with E-state index in [1.807, 2.05) is 0 Å². The van der Waals surface area contributed by atoms with Gasteiger partial charge in [-0.05, 0) is 32.0 Å². The number of nitro groups is 1. The maximum absolute atomic E-state index is 12.0. The van der Waals surface area contributed by atoms with Gasteiger partial charge in [0, 0.05) is 38.3 Å². The summed E-state index contributed by atoms with van der Waals surface area (Å²) in [5.74, 6) is 0.729. The molecule has 1 aromatic carbocycles. The molecule has 2 aromatic rings. The number of anilines is 1. The number of amides is 1. The molecule has 0 fully saturated rings. The molecule has 0 aliphatic heterocycles. The van der Waals surface area contributed by atoms with Gasteiger partial charge >= 0.3 is 0 Å². The van der Waals surface area contributed by atoms with Crippen molar-refractivity contribution in [2.24, 2.45) is 0 Å². The largest absolute Gasteiger partial charge is 0.466 e. The summed E-state index contributed by atoms with van der Waals surface area (Å²) in [7, 11) is -3.56. The Morgan fingerprint density at radius 2 is 1.90 bits per heavy atom. The van der Waals surface area contributed by atoms with Crippen LogP contribution in [0.25, 0.3) is 0 Å².